The van der Waals surface area contributed by atoms with Gasteiger partial charge in [0.15, 0.2) is 11.5 Å². The third kappa shape index (κ3) is 2.02. The Morgan fingerprint density at radius 3 is 3.05 bits per heavy atom. The summed E-state index contributed by atoms with van der Waals surface area (Å²) in [7, 11) is 1.62. The summed E-state index contributed by atoms with van der Waals surface area (Å²) in [5, 5.41) is 0. The van der Waals surface area contributed by atoms with E-state index in [1.807, 2.05) is 24.3 Å². The molecule has 1 aliphatic rings. The fourth-order valence-corrected chi connectivity index (χ4v) is 2.61. The molecule has 2 heterocycles. The normalized spacial score (nSPS) is 13.5. The topological polar surface area (TPSA) is 47.1 Å². The molecule has 0 fully saturated rings. The van der Waals surface area contributed by atoms with Crippen molar-refractivity contribution in [1.29, 1.82) is 0 Å². The molecule has 0 bridgehead atoms. The minimum atomic E-state index is -0.286. The number of para-hydroxylation sites is 1. The quantitative estimate of drug-likeness (QED) is 0.785. The molecule has 4 rings (SSSR count). The minimum Gasteiger partial charge on any atom is -0.493 e. The number of nitrogens with zero attached hydrogens (tertiary/aromatic N) is 1. The van der Waals surface area contributed by atoms with Crippen LogP contribution in [0.25, 0.3) is 22.7 Å². The van der Waals surface area contributed by atoms with E-state index in [1.54, 1.807) is 13.2 Å². The van der Waals surface area contributed by atoms with E-state index in [0.717, 1.165) is 22.4 Å². The van der Waals surface area contributed by atoms with E-state index in [-0.39, 0.29) is 5.82 Å². The number of methoxy groups -OCH3 is 1. The average Bonchev–Trinajstić information content (AvgIpc) is 2.96. The molecule has 3 aromatic rings. The van der Waals surface area contributed by atoms with Crippen LogP contribution in [0.15, 0.2) is 36.4 Å². The van der Waals surface area contributed by atoms with Crippen LogP contribution in [0.4, 0.5) is 4.39 Å². The largest absolute Gasteiger partial charge is 0.493 e. The molecule has 1 aliphatic heterocycles. The first kappa shape index (κ1) is 12.9. The number of hydrogen-bond acceptors (Lipinski definition) is 3. The molecule has 0 unspecified atom stereocenters. The van der Waals surface area contributed by atoms with Crippen molar-refractivity contribution < 1.29 is 13.9 Å². The van der Waals surface area contributed by atoms with E-state index in [1.165, 1.54) is 12.1 Å². The minimum absolute atomic E-state index is 0.286. The smallest absolute Gasteiger partial charge is 0.168 e. The molecule has 5 heteroatoms. The van der Waals surface area contributed by atoms with Crippen molar-refractivity contribution in [3.05, 3.63) is 53.6 Å². The first-order chi connectivity index (χ1) is 10.7. The standard InChI is InChI=1S/C17H13FN2O2/c1-21-15-4-2-3-10-7-11(9-22-16(10)15)17-19-13-6-5-12(18)8-14(13)20-17/h2-8H,9H2,1H3,(H,19,20). The Kier molecular flexibility index (Phi) is 2.85. The van der Waals surface area contributed by atoms with E-state index in [2.05, 4.69) is 9.97 Å². The van der Waals surface area contributed by atoms with Gasteiger partial charge in [0.25, 0.3) is 0 Å². The molecule has 2 aromatic carbocycles. The average molecular weight is 296 g/mol. The van der Waals surface area contributed by atoms with E-state index in [4.69, 9.17) is 9.47 Å². The van der Waals surface area contributed by atoms with Crippen LogP contribution < -0.4 is 9.47 Å². The van der Waals surface area contributed by atoms with Gasteiger partial charge in [0.1, 0.15) is 18.2 Å². The van der Waals surface area contributed by atoms with Crippen LogP contribution in [-0.4, -0.2) is 23.7 Å². The number of H-pyrrole nitrogens is 1. The second kappa shape index (κ2) is 4.87. The van der Waals surface area contributed by atoms with Gasteiger partial charge in [0.2, 0.25) is 0 Å². The fourth-order valence-electron chi connectivity index (χ4n) is 2.61. The highest BCUT2D eigenvalue weighted by Crippen LogP contribution is 2.37. The van der Waals surface area contributed by atoms with Crippen LogP contribution >= 0.6 is 0 Å². The van der Waals surface area contributed by atoms with Crippen molar-refractivity contribution in [3.63, 3.8) is 0 Å². The molecule has 22 heavy (non-hydrogen) atoms. The van der Waals surface area contributed by atoms with Crippen molar-refractivity contribution in [2.24, 2.45) is 0 Å². The number of aromatic nitrogens is 2. The van der Waals surface area contributed by atoms with Gasteiger partial charge in [-0.25, -0.2) is 9.37 Å². The van der Waals surface area contributed by atoms with Crippen LogP contribution in [0, 0.1) is 5.82 Å². The highest BCUT2D eigenvalue weighted by atomic mass is 19.1. The second-order valence-electron chi connectivity index (χ2n) is 5.08. The molecule has 0 saturated carbocycles. The summed E-state index contributed by atoms with van der Waals surface area (Å²) >= 11 is 0. The summed E-state index contributed by atoms with van der Waals surface area (Å²) in [5.41, 5.74) is 3.26. The van der Waals surface area contributed by atoms with E-state index >= 15 is 0 Å². The molecule has 0 radical (unpaired) electrons. The number of hydrogen-bond donors (Lipinski definition) is 1. The van der Waals surface area contributed by atoms with Gasteiger partial charge in [0, 0.05) is 11.1 Å². The molecule has 0 aliphatic carbocycles. The van der Waals surface area contributed by atoms with Gasteiger partial charge in [-0.15, -0.1) is 0 Å². The summed E-state index contributed by atoms with van der Waals surface area (Å²) in [6, 6.07) is 10.2. The number of ether oxygens (including phenoxy) is 2. The predicted molar refractivity (Wildman–Crippen MR) is 82.4 cm³/mol. The lowest BCUT2D eigenvalue weighted by atomic mass is 10.1. The van der Waals surface area contributed by atoms with Crippen LogP contribution in [0.2, 0.25) is 0 Å². The van der Waals surface area contributed by atoms with Crippen molar-refractivity contribution in [2.45, 2.75) is 0 Å². The summed E-state index contributed by atoms with van der Waals surface area (Å²) in [6.45, 7) is 0.385. The van der Waals surface area contributed by atoms with Gasteiger partial charge in [-0.1, -0.05) is 12.1 Å². The lowest BCUT2D eigenvalue weighted by molar-refractivity contribution is 0.327. The van der Waals surface area contributed by atoms with Crippen LogP contribution in [-0.2, 0) is 0 Å². The van der Waals surface area contributed by atoms with E-state index in [9.17, 15) is 4.39 Å². The first-order valence-corrected chi connectivity index (χ1v) is 6.90. The summed E-state index contributed by atoms with van der Waals surface area (Å²) in [5.74, 6) is 1.84. The van der Waals surface area contributed by atoms with Crippen LogP contribution in [0.5, 0.6) is 11.5 Å². The van der Waals surface area contributed by atoms with Gasteiger partial charge in [0.05, 0.1) is 18.1 Å². The number of nitrogens with one attached hydrogen (secondary N) is 1. The molecular weight excluding hydrogens is 283 g/mol. The molecule has 0 atom stereocenters. The maximum absolute atomic E-state index is 13.3. The number of aromatic amines is 1. The lowest BCUT2D eigenvalue weighted by Crippen LogP contribution is -2.08. The maximum atomic E-state index is 13.3. The number of imidazole rings is 1. The lowest BCUT2D eigenvalue weighted by Gasteiger charge is -2.18. The van der Waals surface area contributed by atoms with Gasteiger partial charge in [-0.05, 0) is 30.3 Å². The number of halogens is 1. The van der Waals surface area contributed by atoms with E-state index in [0.29, 0.717) is 23.7 Å². The Hall–Kier alpha value is -2.82. The molecular formula is C17H13FN2O2. The van der Waals surface area contributed by atoms with Crippen molar-refractivity contribution in [2.75, 3.05) is 13.7 Å². The Balaban J connectivity index is 1.80. The first-order valence-electron chi connectivity index (χ1n) is 6.90. The summed E-state index contributed by atoms with van der Waals surface area (Å²) in [4.78, 5) is 7.63. The Morgan fingerprint density at radius 1 is 1.27 bits per heavy atom. The van der Waals surface area contributed by atoms with Crippen LogP contribution in [0.1, 0.15) is 11.4 Å². The Labute approximate surface area is 126 Å². The Bertz CT molecular complexity index is 899. The third-order valence-corrected chi connectivity index (χ3v) is 3.68. The second-order valence-corrected chi connectivity index (χ2v) is 5.08. The molecule has 4 nitrogen and oxygen atoms in total. The highest BCUT2D eigenvalue weighted by Gasteiger charge is 2.18. The van der Waals surface area contributed by atoms with Gasteiger partial charge < -0.3 is 14.5 Å². The molecule has 1 N–H and O–H groups in total. The van der Waals surface area contributed by atoms with E-state index < -0.39 is 0 Å². The van der Waals surface area contributed by atoms with Gasteiger partial charge in [-0.3, -0.25) is 0 Å². The van der Waals surface area contributed by atoms with Crippen molar-refractivity contribution in [1.82, 2.24) is 9.97 Å². The zero-order chi connectivity index (χ0) is 15.1. The van der Waals surface area contributed by atoms with Crippen molar-refractivity contribution in [3.8, 4) is 11.5 Å². The predicted octanol–water partition coefficient (Wildman–Crippen LogP) is 3.64. The molecule has 1 aromatic heterocycles. The summed E-state index contributed by atoms with van der Waals surface area (Å²) < 4.78 is 24.4. The van der Waals surface area contributed by atoms with Gasteiger partial charge >= 0.3 is 0 Å². The number of benzene rings is 2. The number of rotatable bonds is 2. The highest BCUT2D eigenvalue weighted by molar-refractivity contribution is 5.87. The zero-order valence-corrected chi connectivity index (χ0v) is 11.9. The fraction of sp³-hybridized carbons (Fsp3) is 0.118. The Morgan fingerprint density at radius 2 is 2.18 bits per heavy atom. The molecule has 0 saturated heterocycles. The molecule has 110 valence electrons. The third-order valence-electron chi connectivity index (χ3n) is 3.68. The van der Waals surface area contributed by atoms with Crippen molar-refractivity contribution >= 4 is 22.7 Å². The molecule has 0 amide bonds. The zero-order valence-electron chi connectivity index (χ0n) is 11.9. The monoisotopic (exact) mass is 296 g/mol. The summed E-state index contributed by atoms with van der Waals surface area (Å²) in [6.07, 6.45) is 2.01. The van der Waals surface area contributed by atoms with Gasteiger partial charge in [-0.2, -0.15) is 0 Å². The maximum Gasteiger partial charge on any atom is 0.168 e. The molecule has 0 spiro atoms. The SMILES string of the molecule is COc1cccc2c1OCC(c1nc3ccc(F)cc3[nH]1)=C2. The number of fused-ring (bicyclic) bond motifs is 2. The van der Waals surface area contributed by atoms with Crippen LogP contribution in [0.3, 0.4) is 0 Å².